The smallest absolute Gasteiger partial charge is 0.0554 e. The van der Waals surface area contributed by atoms with Crippen molar-refractivity contribution in [2.24, 2.45) is 0 Å². The molecule has 0 heterocycles. The Balaban J connectivity index is 2.21. The standard InChI is InChI=1S/C21H21P/c1-16-4-10-19(11-5-16)22(20-12-6-17(2)7-13-20)21-14-8-18(3)9-15-21/h4-15H,1-3H3/p+1/i/hD. The molecule has 3 aromatic carbocycles. The molecule has 0 atom stereocenters. The largest absolute Gasteiger partial charge is 0.286 e. The van der Waals surface area contributed by atoms with E-state index in [1.165, 1.54) is 16.7 Å². The molecule has 1 heteroatoms. The Labute approximate surface area is 135 Å². The van der Waals surface area contributed by atoms with Crippen LogP contribution in [0.2, 0.25) is 0 Å². The highest BCUT2D eigenvalue weighted by atomic mass is 31.1. The van der Waals surface area contributed by atoms with Gasteiger partial charge < -0.3 is 0 Å². The summed E-state index contributed by atoms with van der Waals surface area (Å²) in [6, 6.07) is 25.4. The van der Waals surface area contributed by atoms with E-state index in [4.69, 9.17) is 0 Å². The van der Waals surface area contributed by atoms with E-state index in [0.717, 1.165) is 15.9 Å². The van der Waals surface area contributed by atoms with Crippen molar-refractivity contribution in [3.8, 4) is 0 Å². The number of hydrogen-bond acceptors (Lipinski definition) is 0. The normalized spacial score (nSPS) is 12.0. The van der Waals surface area contributed by atoms with E-state index in [-0.39, 0.29) is 0 Å². The Morgan fingerprint density at radius 3 is 0.955 bits per heavy atom. The fraction of sp³-hybridized carbons (Fsp3) is 0.143. The predicted molar refractivity (Wildman–Crippen MR) is 101 cm³/mol. The van der Waals surface area contributed by atoms with E-state index in [0.29, 0.717) is 0 Å². The molecular weight excluding hydrogens is 283 g/mol. The van der Waals surface area contributed by atoms with Crippen LogP contribution in [0.25, 0.3) is 0 Å². The Kier molecular flexibility index (Phi) is 4.03. The lowest BCUT2D eigenvalue weighted by molar-refractivity contribution is 1.48. The van der Waals surface area contributed by atoms with E-state index in [1.807, 2.05) is 0 Å². The minimum Gasteiger partial charge on any atom is -0.0554 e. The zero-order valence-corrected chi connectivity index (χ0v) is 14.3. The van der Waals surface area contributed by atoms with Crippen molar-refractivity contribution in [1.29, 1.82) is 1.28 Å². The van der Waals surface area contributed by atoms with Gasteiger partial charge in [0.1, 0.15) is 15.9 Å². The van der Waals surface area contributed by atoms with Crippen LogP contribution < -0.4 is 15.9 Å². The minimum atomic E-state index is -2.34. The van der Waals surface area contributed by atoms with Crippen LogP contribution >= 0.6 is 7.87 Å². The van der Waals surface area contributed by atoms with Gasteiger partial charge in [-0.05, 0) is 57.2 Å². The first-order chi connectivity index (χ1) is 11.0. The zero-order chi connectivity index (χ0) is 16.4. The maximum atomic E-state index is 9.47. The van der Waals surface area contributed by atoms with Gasteiger partial charge >= 0.3 is 0 Å². The summed E-state index contributed by atoms with van der Waals surface area (Å²) in [7, 11) is -2.34. The van der Waals surface area contributed by atoms with Gasteiger partial charge in [-0.1, -0.05) is 53.1 Å². The average molecular weight is 306 g/mol. The molecule has 0 aliphatic heterocycles. The third kappa shape index (κ3) is 3.29. The van der Waals surface area contributed by atoms with E-state index in [9.17, 15) is 1.28 Å². The number of rotatable bonds is 3. The third-order valence-corrected chi connectivity index (χ3v) is 6.32. The molecular formula is C21H22P+. The highest BCUT2D eigenvalue weighted by Crippen LogP contribution is 2.32. The lowest BCUT2D eigenvalue weighted by Gasteiger charge is -2.11. The van der Waals surface area contributed by atoms with Crippen molar-refractivity contribution in [2.45, 2.75) is 20.8 Å². The second kappa shape index (κ2) is 6.46. The second-order valence-electron chi connectivity index (χ2n) is 5.84. The van der Waals surface area contributed by atoms with Gasteiger partial charge in [0, 0.05) is 0 Å². The molecule has 110 valence electrons. The fourth-order valence-corrected chi connectivity index (χ4v) is 4.76. The van der Waals surface area contributed by atoms with Gasteiger partial charge in [0.25, 0.3) is 1.28 Å². The molecule has 0 unspecified atom stereocenters. The van der Waals surface area contributed by atoms with E-state index >= 15 is 0 Å². The number of benzene rings is 3. The first-order valence-electron chi connectivity index (χ1n) is 8.08. The van der Waals surface area contributed by atoms with Gasteiger partial charge in [0.15, 0.2) is 0 Å². The molecule has 0 aliphatic rings. The molecule has 0 spiro atoms. The summed E-state index contributed by atoms with van der Waals surface area (Å²) in [6.45, 7) is 6.27. The van der Waals surface area contributed by atoms with Crippen LogP contribution in [0.4, 0.5) is 0 Å². The van der Waals surface area contributed by atoms with Gasteiger partial charge in [-0.3, -0.25) is 0 Å². The molecule has 3 aromatic rings. The van der Waals surface area contributed by atoms with Crippen LogP contribution in [0.5, 0.6) is 0 Å². The molecule has 0 N–H and O–H groups in total. The summed E-state index contributed by atoms with van der Waals surface area (Å²) < 4.78 is 9.47. The highest BCUT2D eigenvalue weighted by Gasteiger charge is 2.25. The molecule has 0 fully saturated rings. The molecule has 0 saturated heterocycles. The summed E-state index contributed by atoms with van der Waals surface area (Å²) in [5, 5.41) is 3.32. The zero-order valence-electron chi connectivity index (χ0n) is 14.4. The summed E-state index contributed by atoms with van der Waals surface area (Å²) >= 11 is 0. The summed E-state index contributed by atoms with van der Waals surface area (Å²) in [6.07, 6.45) is 0. The van der Waals surface area contributed by atoms with Crippen LogP contribution in [0, 0.1) is 20.8 Å². The molecule has 3 rings (SSSR count). The monoisotopic (exact) mass is 306 g/mol. The molecule has 0 bridgehead atoms. The van der Waals surface area contributed by atoms with E-state index in [2.05, 4.69) is 93.6 Å². The van der Waals surface area contributed by atoms with Gasteiger partial charge in [-0.2, -0.15) is 0 Å². The first-order valence-corrected chi connectivity index (χ1v) is 8.98. The maximum Gasteiger partial charge on any atom is 0.286 e. The van der Waals surface area contributed by atoms with Crippen molar-refractivity contribution >= 4 is 23.8 Å². The van der Waals surface area contributed by atoms with Crippen LogP contribution in [0.15, 0.2) is 72.8 Å². The van der Waals surface area contributed by atoms with Gasteiger partial charge in [0.05, 0.1) is 7.87 Å². The minimum absolute atomic E-state index is 1.11. The SMILES string of the molecule is [2H][P+](c1ccc(C)cc1)(c1ccc(C)cc1)c1ccc(C)cc1. The van der Waals surface area contributed by atoms with Crippen LogP contribution in [-0.4, -0.2) is 1.28 Å². The van der Waals surface area contributed by atoms with Crippen molar-refractivity contribution in [3.05, 3.63) is 89.5 Å². The Morgan fingerprint density at radius 1 is 0.500 bits per heavy atom. The van der Waals surface area contributed by atoms with Gasteiger partial charge in [-0.15, -0.1) is 0 Å². The van der Waals surface area contributed by atoms with Gasteiger partial charge in [0.2, 0.25) is 0 Å². The lowest BCUT2D eigenvalue weighted by Crippen LogP contribution is -2.20. The van der Waals surface area contributed by atoms with Crippen molar-refractivity contribution in [3.63, 3.8) is 0 Å². The van der Waals surface area contributed by atoms with Crippen molar-refractivity contribution in [2.75, 3.05) is 0 Å². The third-order valence-electron chi connectivity index (χ3n) is 3.88. The summed E-state index contributed by atoms with van der Waals surface area (Å²) in [5.41, 5.74) is 3.69. The van der Waals surface area contributed by atoms with Gasteiger partial charge in [-0.25, -0.2) is 0 Å². The van der Waals surface area contributed by atoms with E-state index < -0.39 is 7.87 Å². The maximum absolute atomic E-state index is 9.47. The summed E-state index contributed by atoms with van der Waals surface area (Å²) in [5.74, 6) is 0. The van der Waals surface area contributed by atoms with E-state index in [1.54, 1.807) is 0 Å². The molecule has 0 saturated carbocycles. The quantitative estimate of drug-likeness (QED) is 0.639. The number of hydrogen-bond donors (Lipinski definition) is 0. The summed E-state index contributed by atoms with van der Waals surface area (Å²) in [4.78, 5) is 0. The van der Waals surface area contributed by atoms with Crippen molar-refractivity contribution in [1.82, 2.24) is 0 Å². The van der Waals surface area contributed by atoms with Crippen LogP contribution in [0.3, 0.4) is 0 Å². The van der Waals surface area contributed by atoms with Crippen molar-refractivity contribution < 1.29 is 0 Å². The molecule has 0 amide bonds. The Morgan fingerprint density at radius 2 is 0.727 bits per heavy atom. The molecule has 0 aliphatic carbocycles. The highest BCUT2D eigenvalue weighted by molar-refractivity contribution is 7.79. The average Bonchev–Trinajstić information content (AvgIpc) is 2.56. The molecule has 22 heavy (non-hydrogen) atoms. The predicted octanol–water partition coefficient (Wildman–Crippen LogP) is 4.10. The first kappa shape index (κ1) is 13.7. The Bertz CT molecular complexity index is 676. The number of aryl methyl sites for hydroxylation is 3. The van der Waals surface area contributed by atoms with Crippen LogP contribution in [-0.2, 0) is 0 Å². The topological polar surface area (TPSA) is 0 Å². The van der Waals surface area contributed by atoms with Crippen LogP contribution in [0.1, 0.15) is 16.7 Å². The second-order valence-corrected chi connectivity index (χ2v) is 8.06. The Hall–Kier alpha value is -1.91. The lowest BCUT2D eigenvalue weighted by atomic mass is 10.2. The molecule has 0 aromatic heterocycles. The molecule has 0 nitrogen and oxygen atoms in total. The molecule has 0 radical (unpaired) electrons. The fourth-order valence-electron chi connectivity index (χ4n) is 2.53.